The Labute approximate surface area is 133 Å². The Hall–Kier alpha value is -0.570. The maximum absolute atomic E-state index is 6.31. The minimum Gasteiger partial charge on any atom is -0.375 e. The predicted molar refractivity (Wildman–Crippen MR) is 87.8 cm³/mol. The number of hydrogen-bond acceptors (Lipinski definition) is 2. The average Bonchev–Trinajstić information content (AvgIpc) is 2.48. The molecule has 2 fully saturated rings. The third-order valence-corrected chi connectivity index (χ3v) is 5.46. The maximum atomic E-state index is 6.31. The first-order chi connectivity index (χ1) is 10.2. The van der Waals surface area contributed by atoms with Crippen LogP contribution in [0.5, 0.6) is 0 Å². The summed E-state index contributed by atoms with van der Waals surface area (Å²) in [6.07, 6.45) is 8.77. The highest BCUT2D eigenvalue weighted by molar-refractivity contribution is 6.31. The summed E-state index contributed by atoms with van der Waals surface area (Å²) in [5.74, 6) is 0. The molecular weight excluding hydrogens is 282 g/mol. The van der Waals surface area contributed by atoms with Gasteiger partial charge in [0.15, 0.2) is 0 Å². The van der Waals surface area contributed by atoms with E-state index in [-0.39, 0.29) is 5.60 Å². The second kappa shape index (κ2) is 6.68. The van der Waals surface area contributed by atoms with E-state index in [0.717, 1.165) is 24.5 Å². The molecule has 0 amide bonds. The van der Waals surface area contributed by atoms with Gasteiger partial charge in [-0.2, -0.15) is 0 Å². The first-order valence-electron chi connectivity index (χ1n) is 8.33. The van der Waals surface area contributed by atoms with E-state index in [2.05, 4.69) is 24.4 Å². The summed E-state index contributed by atoms with van der Waals surface area (Å²) >= 11 is 6.31. The van der Waals surface area contributed by atoms with Crippen LogP contribution in [0.25, 0.3) is 0 Å². The highest BCUT2D eigenvalue weighted by Crippen LogP contribution is 2.39. The van der Waals surface area contributed by atoms with Gasteiger partial charge in [-0.25, -0.2) is 0 Å². The quantitative estimate of drug-likeness (QED) is 0.860. The molecule has 116 valence electrons. The smallest absolute Gasteiger partial charge is 0.0697 e. The summed E-state index contributed by atoms with van der Waals surface area (Å²) < 4.78 is 6.18. The molecule has 1 saturated heterocycles. The summed E-state index contributed by atoms with van der Waals surface area (Å²) in [4.78, 5) is 0. The normalized spacial score (nSPS) is 26.7. The van der Waals surface area contributed by atoms with Crippen LogP contribution >= 0.6 is 11.6 Å². The molecule has 21 heavy (non-hydrogen) atoms. The van der Waals surface area contributed by atoms with E-state index < -0.39 is 0 Å². The zero-order chi connectivity index (χ0) is 14.7. The van der Waals surface area contributed by atoms with Crippen molar-refractivity contribution in [3.8, 4) is 0 Å². The van der Waals surface area contributed by atoms with Crippen LogP contribution in [-0.2, 0) is 4.74 Å². The Morgan fingerprint density at radius 1 is 1.24 bits per heavy atom. The molecule has 1 saturated carbocycles. The van der Waals surface area contributed by atoms with Crippen LogP contribution < -0.4 is 5.32 Å². The molecule has 2 nitrogen and oxygen atoms in total. The Morgan fingerprint density at radius 3 is 2.76 bits per heavy atom. The maximum Gasteiger partial charge on any atom is 0.0697 e. The van der Waals surface area contributed by atoms with Crippen molar-refractivity contribution in [2.75, 3.05) is 6.61 Å². The van der Waals surface area contributed by atoms with Crippen molar-refractivity contribution in [3.05, 3.63) is 34.9 Å². The van der Waals surface area contributed by atoms with Crippen LogP contribution in [0.15, 0.2) is 24.3 Å². The van der Waals surface area contributed by atoms with Crippen molar-refractivity contribution in [2.24, 2.45) is 0 Å². The van der Waals surface area contributed by atoms with Gasteiger partial charge in [-0.05, 0) is 44.2 Å². The Kier molecular flexibility index (Phi) is 4.88. The molecule has 3 heteroatoms. The van der Waals surface area contributed by atoms with Gasteiger partial charge in [0.05, 0.1) is 5.60 Å². The van der Waals surface area contributed by atoms with Gasteiger partial charge in [0, 0.05) is 23.7 Å². The second-order valence-corrected chi connectivity index (χ2v) is 7.10. The number of ether oxygens (including phenoxy) is 1. The van der Waals surface area contributed by atoms with Crippen molar-refractivity contribution in [3.63, 3.8) is 0 Å². The third kappa shape index (κ3) is 3.61. The lowest BCUT2D eigenvalue weighted by molar-refractivity contribution is -0.110. The van der Waals surface area contributed by atoms with Gasteiger partial charge in [-0.15, -0.1) is 0 Å². The van der Waals surface area contributed by atoms with Crippen LogP contribution in [0, 0.1) is 0 Å². The van der Waals surface area contributed by atoms with Gasteiger partial charge in [0.1, 0.15) is 0 Å². The monoisotopic (exact) mass is 307 g/mol. The molecule has 0 aromatic heterocycles. The van der Waals surface area contributed by atoms with Crippen molar-refractivity contribution in [1.82, 2.24) is 5.32 Å². The molecule has 1 spiro atoms. The highest BCUT2D eigenvalue weighted by Gasteiger charge is 2.38. The molecule has 1 aliphatic carbocycles. The van der Waals surface area contributed by atoms with E-state index in [1.807, 2.05) is 12.1 Å². The van der Waals surface area contributed by atoms with Gasteiger partial charge in [0.2, 0.25) is 0 Å². The SMILES string of the molecule is C[C@H](NC1CCOC2(CCCCC2)C1)c1ccccc1Cl. The fourth-order valence-corrected chi connectivity index (χ4v) is 4.28. The van der Waals surface area contributed by atoms with Crippen LogP contribution in [0.1, 0.15) is 63.5 Å². The van der Waals surface area contributed by atoms with E-state index >= 15 is 0 Å². The zero-order valence-electron chi connectivity index (χ0n) is 12.9. The number of nitrogens with one attached hydrogen (secondary N) is 1. The van der Waals surface area contributed by atoms with Gasteiger partial charge in [-0.3, -0.25) is 0 Å². The number of halogens is 1. The van der Waals surface area contributed by atoms with E-state index in [0.29, 0.717) is 12.1 Å². The summed E-state index contributed by atoms with van der Waals surface area (Å²) in [5.41, 5.74) is 1.36. The molecule has 2 aliphatic rings. The predicted octanol–water partition coefficient (Wildman–Crippen LogP) is 4.87. The van der Waals surface area contributed by atoms with E-state index in [4.69, 9.17) is 16.3 Å². The van der Waals surface area contributed by atoms with Gasteiger partial charge < -0.3 is 10.1 Å². The van der Waals surface area contributed by atoms with Crippen molar-refractivity contribution >= 4 is 11.6 Å². The number of rotatable bonds is 3. The minimum absolute atomic E-state index is 0.161. The van der Waals surface area contributed by atoms with Crippen LogP contribution in [0.3, 0.4) is 0 Å². The Balaban J connectivity index is 1.63. The van der Waals surface area contributed by atoms with Crippen molar-refractivity contribution < 1.29 is 4.74 Å². The van der Waals surface area contributed by atoms with E-state index in [1.54, 1.807) is 0 Å². The molecule has 2 atom stereocenters. The molecule has 1 unspecified atom stereocenters. The lowest BCUT2D eigenvalue weighted by atomic mass is 9.78. The molecule has 1 N–H and O–H groups in total. The third-order valence-electron chi connectivity index (χ3n) is 5.12. The van der Waals surface area contributed by atoms with Crippen molar-refractivity contribution in [2.45, 2.75) is 69.6 Å². The summed E-state index contributed by atoms with van der Waals surface area (Å²) in [6, 6.07) is 8.98. The molecule has 0 bridgehead atoms. The molecule has 1 aliphatic heterocycles. The molecule has 1 aromatic carbocycles. The van der Waals surface area contributed by atoms with Gasteiger partial charge >= 0.3 is 0 Å². The Morgan fingerprint density at radius 2 is 2.00 bits per heavy atom. The minimum atomic E-state index is 0.161. The van der Waals surface area contributed by atoms with E-state index in [9.17, 15) is 0 Å². The van der Waals surface area contributed by atoms with Crippen LogP contribution in [-0.4, -0.2) is 18.2 Å². The summed E-state index contributed by atoms with van der Waals surface area (Å²) in [5, 5.41) is 4.64. The topological polar surface area (TPSA) is 21.3 Å². The van der Waals surface area contributed by atoms with Crippen LogP contribution in [0.4, 0.5) is 0 Å². The number of hydrogen-bond donors (Lipinski definition) is 1. The average molecular weight is 308 g/mol. The zero-order valence-corrected chi connectivity index (χ0v) is 13.7. The second-order valence-electron chi connectivity index (χ2n) is 6.69. The van der Waals surface area contributed by atoms with Gasteiger partial charge in [-0.1, -0.05) is 49.1 Å². The standard InChI is InChI=1S/C18H26ClNO/c1-14(16-7-3-4-8-17(16)19)20-15-9-12-21-18(13-15)10-5-2-6-11-18/h3-4,7-8,14-15,20H,2,5-6,9-13H2,1H3/t14-,15?/m0/s1. The fourth-order valence-electron chi connectivity index (χ4n) is 3.98. The summed E-state index contributed by atoms with van der Waals surface area (Å²) in [6.45, 7) is 3.11. The molecule has 1 heterocycles. The number of benzene rings is 1. The molecular formula is C18H26ClNO. The Bertz CT molecular complexity index is 465. The fraction of sp³-hybridized carbons (Fsp3) is 0.667. The lowest BCUT2D eigenvalue weighted by Gasteiger charge is -2.44. The summed E-state index contributed by atoms with van der Waals surface area (Å²) in [7, 11) is 0. The highest BCUT2D eigenvalue weighted by atomic mass is 35.5. The molecule has 0 radical (unpaired) electrons. The molecule has 3 rings (SSSR count). The first-order valence-corrected chi connectivity index (χ1v) is 8.71. The van der Waals surface area contributed by atoms with Crippen molar-refractivity contribution in [1.29, 1.82) is 0 Å². The lowest BCUT2D eigenvalue weighted by Crippen LogP contribution is -2.48. The largest absolute Gasteiger partial charge is 0.375 e. The van der Waals surface area contributed by atoms with Gasteiger partial charge in [0.25, 0.3) is 0 Å². The molecule has 1 aromatic rings. The first kappa shape index (κ1) is 15.3. The van der Waals surface area contributed by atoms with E-state index in [1.165, 1.54) is 37.7 Å². The van der Waals surface area contributed by atoms with Crippen LogP contribution in [0.2, 0.25) is 5.02 Å².